The number of hydrogen-bond acceptors (Lipinski definition) is 3. The molecule has 19 heavy (non-hydrogen) atoms. The maximum absolute atomic E-state index is 12.5. The van der Waals surface area contributed by atoms with Crippen LogP contribution in [0.4, 0.5) is 0 Å². The minimum absolute atomic E-state index is 0.0000983. The fraction of sp³-hybridized carbons (Fsp3) is 0.857. The van der Waals surface area contributed by atoms with Gasteiger partial charge in [-0.1, -0.05) is 33.6 Å². The largest absolute Gasteiger partial charge is 0.383 e. The molecule has 3 atom stereocenters. The highest BCUT2D eigenvalue weighted by Crippen LogP contribution is 2.18. The molecule has 0 saturated carbocycles. The predicted molar refractivity (Wildman–Crippen MR) is 73.7 cm³/mol. The fourth-order valence-corrected chi connectivity index (χ4v) is 2.48. The summed E-state index contributed by atoms with van der Waals surface area (Å²) in [5.41, 5.74) is 0. The molecule has 1 fully saturated rings. The number of rotatable bonds is 7. The van der Waals surface area contributed by atoms with Crippen molar-refractivity contribution in [2.24, 2.45) is 5.92 Å². The van der Waals surface area contributed by atoms with Gasteiger partial charge in [-0.05, 0) is 12.3 Å². The van der Waals surface area contributed by atoms with Gasteiger partial charge >= 0.3 is 0 Å². The van der Waals surface area contributed by atoms with Gasteiger partial charge in [0.2, 0.25) is 11.8 Å². The molecular formula is C14H26N2O3. The van der Waals surface area contributed by atoms with Crippen molar-refractivity contribution in [1.29, 1.82) is 0 Å². The Morgan fingerprint density at radius 2 is 2.11 bits per heavy atom. The highest BCUT2D eigenvalue weighted by atomic mass is 16.5. The Kier molecular flexibility index (Phi) is 6.28. The molecular weight excluding hydrogens is 244 g/mol. The van der Waals surface area contributed by atoms with Crippen molar-refractivity contribution in [2.75, 3.05) is 20.3 Å². The van der Waals surface area contributed by atoms with Gasteiger partial charge in [-0.2, -0.15) is 0 Å². The number of nitrogens with one attached hydrogen (secondary N) is 1. The lowest BCUT2D eigenvalue weighted by Crippen LogP contribution is -2.63. The highest BCUT2D eigenvalue weighted by Gasteiger charge is 2.38. The summed E-state index contributed by atoms with van der Waals surface area (Å²) < 4.78 is 5.19. The van der Waals surface area contributed by atoms with Gasteiger partial charge in [-0.25, -0.2) is 0 Å². The van der Waals surface area contributed by atoms with Gasteiger partial charge in [0.15, 0.2) is 0 Å². The van der Waals surface area contributed by atoms with Crippen LogP contribution in [-0.4, -0.2) is 49.1 Å². The van der Waals surface area contributed by atoms with Gasteiger partial charge in [0.25, 0.3) is 0 Å². The van der Waals surface area contributed by atoms with Crippen molar-refractivity contribution in [3.8, 4) is 0 Å². The minimum Gasteiger partial charge on any atom is -0.383 e. The lowest BCUT2D eigenvalue weighted by Gasteiger charge is -2.39. The molecule has 1 aliphatic rings. The van der Waals surface area contributed by atoms with Crippen molar-refractivity contribution >= 4 is 11.8 Å². The molecule has 3 unspecified atom stereocenters. The molecule has 0 aromatic carbocycles. The highest BCUT2D eigenvalue weighted by molar-refractivity contribution is 5.95. The third kappa shape index (κ3) is 3.93. The summed E-state index contributed by atoms with van der Waals surface area (Å²) in [4.78, 5) is 26.0. The first-order chi connectivity index (χ1) is 9.04. The lowest BCUT2D eigenvalue weighted by molar-refractivity contribution is -0.149. The number of ether oxygens (including phenoxy) is 1. The van der Waals surface area contributed by atoms with Gasteiger partial charge < -0.3 is 15.0 Å². The van der Waals surface area contributed by atoms with Gasteiger partial charge in [0.1, 0.15) is 6.04 Å². The van der Waals surface area contributed by atoms with E-state index in [0.717, 1.165) is 19.3 Å². The SMILES string of the molecule is CCCC(COC)N1CC(=O)NC(C(C)CC)C1=O. The molecule has 0 aliphatic carbocycles. The molecule has 1 heterocycles. The third-order valence-corrected chi connectivity index (χ3v) is 3.81. The summed E-state index contributed by atoms with van der Waals surface area (Å²) in [7, 11) is 1.63. The zero-order valence-corrected chi connectivity index (χ0v) is 12.4. The summed E-state index contributed by atoms with van der Waals surface area (Å²) in [6, 6.07) is -0.387. The zero-order chi connectivity index (χ0) is 14.4. The van der Waals surface area contributed by atoms with E-state index < -0.39 is 0 Å². The van der Waals surface area contributed by atoms with Crippen LogP contribution in [0.1, 0.15) is 40.0 Å². The first-order valence-corrected chi connectivity index (χ1v) is 7.13. The van der Waals surface area contributed by atoms with Crippen LogP contribution in [0.2, 0.25) is 0 Å². The van der Waals surface area contributed by atoms with Gasteiger partial charge in [0, 0.05) is 7.11 Å². The quantitative estimate of drug-likeness (QED) is 0.755. The maximum atomic E-state index is 12.5. The number of carbonyl (C=O) groups excluding carboxylic acids is 2. The van der Waals surface area contributed by atoms with Crippen molar-refractivity contribution < 1.29 is 14.3 Å². The Hall–Kier alpha value is -1.10. The monoisotopic (exact) mass is 270 g/mol. The molecule has 0 radical (unpaired) electrons. The summed E-state index contributed by atoms with van der Waals surface area (Å²) in [6.07, 6.45) is 2.70. The van der Waals surface area contributed by atoms with Crippen LogP contribution < -0.4 is 5.32 Å². The molecule has 0 bridgehead atoms. The Bertz CT molecular complexity index is 314. The summed E-state index contributed by atoms with van der Waals surface area (Å²) in [6.45, 7) is 6.74. The lowest BCUT2D eigenvalue weighted by atomic mass is 9.95. The number of piperazine rings is 1. The van der Waals surface area contributed by atoms with Crippen LogP contribution in [0, 0.1) is 5.92 Å². The number of carbonyl (C=O) groups is 2. The Morgan fingerprint density at radius 1 is 1.42 bits per heavy atom. The van der Waals surface area contributed by atoms with E-state index in [9.17, 15) is 9.59 Å². The number of nitrogens with zero attached hydrogens (tertiary/aromatic N) is 1. The van der Waals surface area contributed by atoms with E-state index in [4.69, 9.17) is 4.74 Å². The Labute approximate surface area is 115 Å². The van der Waals surface area contributed by atoms with Crippen LogP contribution >= 0.6 is 0 Å². The van der Waals surface area contributed by atoms with Gasteiger partial charge in [-0.15, -0.1) is 0 Å². The Morgan fingerprint density at radius 3 is 2.63 bits per heavy atom. The van der Waals surface area contributed by atoms with Crippen LogP contribution in [-0.2, 0) is 14.3 Å². The van der Waals surface area contributed by atoms with Crippen molar-refractivity contribution in [3.05, 3.63) is 0 Å². The van der Waals surface area contributed by atoms with Crippen molar-refractivity contribution in [1.82, 2.24) is 10.2 Å². The summed E-state index contributed by atoms with van der Waals surface area (Å²) >= 11 is 0. The Balaban J connectivity index is 2.85. The van der Waals surface area contributed by atoms with Crippen LogP contribution in [0.3, 0.4) is 0 Å². The number of amides is 2. The molecule has 5 heteroatoms. The smallest absolute Gasteiger partial charge is 0.246 e. The van der Waals surface area contributed by atoms with E-state index in [-0.39, 0.29) is 36.4 Å². The molecule has 1 N–H and O–H groups in total. The van der Waals surface area contributed by atoms with E-state index >= 15 is 0 Å². The van der Waals surface area contributed by atoms with Crippen molar-refractivity contribution in [2.45, 2.75) is 52.1 Å². The average molecular weight is 270 g/mol. The zero-order valence-electron chi connectivity index (χ0n) is 12.4. The molecule has 0 aromatic heterocycles. The second kappa shape index (κ2) is 7.48. The molecule has 1 rings (SSSR count). The molecule has 0 spiro atoms. The second-order valence-corrected chi connectivity index (χ2v) is 5.29. The van der Waals surface area contributed by atoms with Crippen LogP contribution in [0.25, 0.3) is 0 Å². The first-order valence-electron chi connectivity index (χ1n) is 7.13. The number of methoxy groups -OCH3 is 1. The van der Waals surface area contributed by atoms with Crippen LogP contribution in [0.15, 0.2) is 0 Å². The molecule has 110 valence electrons. The van der Waals surface area contributed by atoms with Crippen molar-refractivity contribution in [3.63, 3.8) is 0 Å². The maximum Gasteiger partial charge on any atom is 0.246 e. The predicted octanol–water partition coefficient (Wildman–Crippen LogP) is 1.17. The number of hydrogen-bond donors (Lipinski definition) is 1. The normalized spacial score (nSPS) is 23.2. The first kappa shape index (κ1) is 16.0. The minimum atomic E-state index is -0.387. The molecule has 1 saturated heterocycles. The second-order valence-electron chi connectivity index (χ2n) is 5.29. The topological polar surface area (TPSA) is 58.6 Å². The molecule has 0 aromatic rings. The van der Waals surface area contributed by atoms with E-state index in [1.54, 1.807) is 12.0 Å². The average Bonchev–Trinajstić information content (AvgIpc) is 2.40. The fourth-order valence-electron chi connectivity index (χ4n) is 2.48. The molecule has 5 nitrogen and oxygen atoms in total. The van der Waals surface area contributed by atoms with E-state index in [1.807, 2.05) is 13.8 Å². The summed E-state index contributed by atoms with van der Waals surface area (Å²) in [5.74, 6) is 0.121. The van der Waals surface area contributed by atoms with Gasteiger partial charge in [0.05, 0.1) is 19.2 Å². The molecule has 1 aliphatic heterocycles. The van der Waals surface area contributed by atoms with E-state index in [0.29, 0.717) is 6.61 Å². The standard InChI is InChI=1S/C14H26N2O3/c1-5-7-11(9-19-4)16-8-12(17)15-13(14(16)18)10(3)6-2/h10-11,13H,5-9H2,1-4H3,(H,15,17). The van der Waals surface area contributed by atoms with Gasteiger partial charge in [-0.3, -0.25) is 9.59 Å². The molecule has 2 amide bonds. The van der Waals surface area contributed by atoms with E-state index in [2.05, 4.69) is 12.2 Å². The third-order valence-electron chi connectivity index (χ3n) is 3.81. The van der Waals surface area contributed by atoms with E-state index in [1.165, 1.54) is 0 Å². The van der Waals surface area contributed by atoms with Crippen LogP contribution in [0.5, 0.6) is 0 Å². The summed E-state index contributed by atoms with van der Waals surface area (Å²) in [5, 5.41) is 2.81.